The van der Waals surface area contributed by atoms with E-state index < -0.39 is 5.91 Å². The normalized spacial score (nSPS) is 9.56. The summed E-state index contributed by atoms with van der Waals surface area (Å²) in [5.74, 6) is -0.643. The van der Waals surface area contributed by atoms with Crippen LogP contribution in [0, 0.1) is 5.41 Å². The van der Waals surface area contributed by atoms with Crippen LogP contribution in [-0.2, 0) is 14.1 Å². The van der Waals surface area contributed by atoms with Gasteiger partial charge in [-0.2, -0.15) is 0 Å². The Kier molecular flexibility index (Phi) is 9.17. The van der Waals surface area contributed by atoms with E-state index in [4.69, 9.17) is 16.9 Å². The molecule has 27 heavy (non-hydrogen) atoms. The second kappa shape index (κ2) is 10.3. The van der Waals surface area contributed by atoms with Gasteiger partial charge < -0.3 is 36.6 Å². The minimum absolute atomic E-state index is 0. The number of nitrogen functional groups attached to an aromatic ring is 1. The highest BCUT2D eigenvalue weighted by molar-refractivity contribution is 6.07. The van der Waals surface area contributed by atoms with Gasteiger partial charge in [0.05, 0.1) is 5.69 Å². The topological polar surface area (TPSA) is 169 Å². The van der Waals surface area contributed by atoms with E-state index in [-0.39, 0.29) is 54.9 Å². The molecule has 11 nitrogen and oxygen atoms in total. The van der Waals surface area contributed by atoms with E-state index in [1.807, 2.05) is 0 Å². The number of rotatable bonds is 6. The van der Waals surface area contributed by atoms with Crippen molar-refractivity contribution in [1.82, 2.24) is 24.8 Å². The lowest BCUT2D eigenvalue weighted by Gasteiger charge is -2.10. The summed E-state index contributed by atoms with van der Waals surface area (Å²) in [5.41, 5.74) is 11.4. The highest BCUT2D eigenvalue weighted by Crippen LogP contribution is 2.17. The SMILES string of the molecule is Cl.Cl.Cn1cc(N)nc1C(=O)Nc1ccn(C)c1C(=O)NCCNC(=N)N. The Morgan fingerprint density at radius 1 is 1.15 bits per heavy atom. The van der Waals surface area contributed by atoms with Crippen molar-refractivity contribution in [3.8, 4) is 0 Å². The molecule has 13 heteroatoms. The first-order chi connectivity index (χ1) is 11.8. The van der Waals surface area contributed by atoms with E-state index in [0.29, 0.717) is 17.9 Å². The number of halogens is 2. The van der Waals surface area contributed by atoms with Crippen molar-refractivity contribution in [3.05, 3.63) is 30.0 Å². The molecule has 0 saturated heterocycles. The predicted molar refractivity (Wildman–Crippen MR) is 108 cm³/mol. The fourth-order valence-corrected chi connectivity index (χ4v) is 2.25. The molecule has 0 aromatic carbocycles. The van der Waals surface area contributed by atoms with Crippen LogP contribution < -0.4 is 27.4 Å². The van der Waals surface area contributed by atoms with Crippen LogP contribution in [0.4, 0.5) is 11.5 Å². The third-order valence-corrected chi connectivity index (χ3v) is 3.36. The number of nitrogens with one attached hydrogen (secondary N) is 4. The third kappa shape index (κ3) is 6.08. The minimum atomic E-state index is -0.474. The van der Waals surface area contributed by atoms with Gasteiger partial charge in [0.15, 0.2) is 5.96 Å². The number of hydrogen-bond acceptors (Lipinski definition) is 5. The van der Waals surface area contributed by atoms with E-state index in [1.165, 1.54) is 10.8 Å². The van der Waals surface area contributed by atoms with Gasteiger partial charge in [-0.25, -0.2) is 4.98 Å². The van der Waals surface area contributed by atoms with Gasteiger partial charge in [0.1, 0.15) is 11.5 Å². The fraction of sp³-hybridized carbons (Fsp3) is 0.286. The minimum Gasteiger partial charge on any atom is -0.382 e. The van der Waals surface area contributed by atoms with Gasteiger partial charge in [-0.15, -0.1) is 24.8 Å². The van der Waals surface area contributed by atoms with Crippen LogP contribution in [0.5, 0.6) is 0 Å². The standard InChI is InChI=1S/C14H21N9O2.2ClH/c1-22-6-3-8(10(22)12(24)18-4-5-19-14(16)17)20-13(25)11-21-9(15)7-23(11)2;;/h3,6-7H,4-5,15H2,1-2H3,(H,18,24)(H,20,25)(H4,16,17,19);2*1H. The van der Waals surface area contributed by atoms with Gasteiger partial charge >= 0.3 is 0 Å². The zero-order chi connectivity index (χ0) is 18.6. The first-order valence-corrected chi connectivity index (χ1v) is 7.41. The summed E-state index contributed by atoms with van der Waals surface area (Å²) in [6.45, 7) is 0.590. The summed E-state index contributed by atoms with van der Waals surface area (Å²) >= 11 is 0. The lowest BCUT2D eigenvalue weighted by atomic mass is 10.3. The van der Waals surface area contributed by atoms with Crippen molar-refractivity contribution in [2.75, 3.05) is 24.1 Å². The van der Waals surface area contributed by atoms with Gasteiger partial charge in [-0.1, -0.05) is 0 Å². The maximum absolute atomic E-state index is 12.3. The van der Waals surface area contributed by atoms with Crippen molar-refractivity contribution in [2.24, 2.45) is 19.8 Å². The van der Waals surface area contributed by atoms with Gasteiger partial charge in [0, 0.05) is 39.6 Å². The van der Waals surface area contributed by atoms with E-state index in [1.54, 1.807) is 30.9 Å². The smallest absolute Gasteiger partial charge is 0.291 e. The number of aryl methyl sites for hydroxylation is 2. The Hall–Kier alpha value is -2.92. The molecule has 2 amide bonds. The zero-order valence-electron chi connectivity index (χ0n) is 14.8. The van der Waals surface area contributed by atoms with Gasteiger partial charge in [0.2, 0.25) is 5.82 Å². The second-order valence-electron chi connectivity index (χ2n) is 5.34. The highest BCUT2D eigenvalue weighted by Gasteiger charge is 2.20. The number of nitrogens with two attached hydrogens (primary N) is 2. The zero-order valence-corrected chi connectivity index (χ0v) is 16.4. The lowest BCUT2D eigenvalue weighted by molar-refractivity contribution is 0.0947. The largest absolute Gasteiger partial charge is 0.382 e. The van der Waals surface area contributed by atoms with Crippen molar-refractivity contribution in [1.29, 1.82) is 5.41 Å². The fourth-order valence-electron chi connectivity index (χ4n) is 2.25. The molecule has 2 aromatic heterocycles. The lowest BCUT2D eigenvalue weighted by Crippen LogP contribution is -2.38. The molecule has 0 saturated carbocycles. The third-order valence-electron chi connectivity index (χ3n) is 3.36. The summed E-state index contributed by atoms with van der Waals surface area (Å²) in [6.07, 6.45) is 3.18. The molecule has 0 atom stereocenters. The van der Waals surface area contributed by atoms with Crippen LogP contribution in [0.2, 0.25) is 0 Å². The molecule has 0 bridgehead atoms. The van der Waals surface area contributed by atoms with Crippen molar-refractivity contribution in [3.63, 3.8) is 0 Å². The highest BCUT2D eigenvalue weighted by atomic mass is 35.5. The van der Waals surface area contributed by atoms with Crippen molar-refractivity contribution in [2.45, 2.75) is 0 Å². The second-order valence-corrected chi connectivity index (χ2v) is 5.34. The van der Waals surface area contributed by atoms with Crippen LogP contribution in [0.15, 0.2) is 18.5 Å². The summed E-state index contributed by atoms with van der Waals surface area (Å²) in [6, 6.07) is 1.62. The van der Waals surface area contributed by atoms with Crippen LogP contribution in [0.25, 0.3) is 0 Å². The Morgan fingerprint density at radius 3 is 2.33 bits per heavy atom. The molecule has 0 radical (unpaired) electrons. The number of anilines is 2. The number of amides is 2. The van der Waals surface area contributed by atoms with E-state index in [9.17, 15) is 9.59 Å². The molecule has 0 aliphatic rings. The van der Waals surface area contributed by atoms with Crippen molar-refractivity contribution < 1.29 is 9.59 Å². The molecule has 8 N–H and O–H groups in total. The van der Waals surface area contributed by atoms with Crippen LogP contribution >= 0.6 is 24.8 Å². The number of aromatic nitrogens is 3. The van der Waals surface area contributed by atoms with E-state index >= 15 is 0 Å². The Balaban J connectivity index is 0.00000338. The number of imidazole rings is 1. The number of hydrogen-bond donors (Lipinski definition) is 6. The van der Waals surface area contributed by atoms with Gasteiger partial charge in [-0.05, 0) is 6.07 Å². The molecule has 2 aromatic rings. The molecule has 2 heterocycles. The summed E-state index contributed by atoms with van der Waals surface area (Å²) in [5, 5.41) is 15.0. The predicted octanol–water partition coefficient (Wildman–Crippen LogP) is -0.350. The first-order valence-electron chi connectivity index (χ1n) is 7.41. The number of carbonyl (C=O) groups is 2. The number of carbonyl (C=O) groups excluding carboxylic acids is 2. The average molecular weight is 420 g/mol. The summed E-state index contributed by atoms with van der Waals surface area (Å²) in [4.78, 5) is 28.6. The van der Waals surface area contributed by atoms with E-state index in [0.717, 1.165) is 0 Å². The number of nitrogens with zero attached hydrogens (tertiary/aromatic N) is 3. The maximum atomic E-state index is 12.3. The van der Waals surface area contributed by atoms with Crippen LogP contribution in [0.1, 0.15) is 21.1 Å². The van der Waals surface area contributed by atoms with Crippen molar-refractivity contribution >= 4 is 54.1 Å². The molecule has 0 spiro atoms. The Morgan fingerprint density at radius 2 is 1.78 bits per heavy atom. The summed E-state index contributed by atoms with van der Waals surface area (Å²) in [7, 11) is 3.34. The van der Waals surface area contributed by atoms with Gasteiger partial charge in [0.25, 0.3) is 11.8 Å². The molecule has 2 rings (SSSR count). The Bertz CT molecular complexity index is 816. The van der Waals surface area contributed by atoms with Gasteiger partial charge in [-0.3, -0.25) is 15.0 Å². The van der Waals surface area contributed by atoms with Crippen LogP contribution in [0.3, 0.4) is 0 Å². The monoisotopic (exact) mass is 419 g/mol. The first kappa shape index (κ1) is 24.1. The molecule has 0 fully saturated rings. The molecule has 0 aliphatic heterocycles. The summed E-state index contributed by atoms with van der Waals surface area (Å²) < 4.78 is 3.09. The van der Waals surface area contributed by atoms with Crippen LogP contribution in [-0.4, -0.2) is 45.0 Å². The maximum Gasteiger partial charge on any atom is 0.291 e. The molecule has 150 valence electrons. The molecule has 0 unspecified atom stereocenters. The molecular formula is C14H23Cl2N9O2. The molecule has 0 aliphatic carbocycles. The molecular weight excluding hydrogens is 397 g/mol. The number of guanidine groups is 1. The average Bonchev–Trinajstić information content (AvgIpc) is 3.05. The Labute approximate surface area is 168 Å². The quantitative estimate of drug-likeness (QED) is 0.212. The van der Waals surface area contributed by atoms with E-state index in [2.05, 4.69) is 20.9 Å².